The zero-order valence-corrected chi connectivity index (χ0v) is 12.1. The van der Waals surface area contributed by atoms with Crippen molar-refractivity contribution in [1.29, 1.82) is 0 Å². The van der Waals surface area contributed by atoms with Crippen LogP contribution in [-0.4, -0.2) is 40.4 Å². The van der Waals surface area contributed by atoms with Crippen LogP contribution in [0.5, 0.6) is 0 Å². The maximum atomic E-state index is 12.1. The quantitative estimate of drug-likeness (QED) is 0.753. The van der Waals surface area contributed by atoms with Crippen LogP contribution in [0, 0.1) is 5.92 Å². The molecule has 1 aliphatic heterocycles. The van der Waals surface area contributed by atoms with Crippen LogP contribution in [0.1, 0.15) is 32.6 Å². The Labute approximate surface area is 113 Å². The number of carbonyl (C=O) groups is 1. The number of thiocarbonyl (C=S) groups is 1. The lowest BCUT2D eigenvalue weighted by Crippen LogP contribution is -2.39. The lowest BCUT2D eigenvalue weighted by molar-refractivity contribution is -0.131. The molecule has 0 aromatic heterocycles. The van der Waals surface area contributed by atoms with Gasteiger partial charge in [0.2, 0.25) is 5.91 Å². The van der Waals surface area contributed by atoms with E-state index in [9.17, 15) is 4.79 Å². The first-order valence-electron chi connectivity index (χ1n) is 6.27. The molecular weight excluding hydrogens is 252 g/mol. The summed E-state index contributed by atoms with van der Waals surface area (Å²) >= 11 is 6.88. The molecule has 0 aliphatic carbocycles. The fraction of sp³-hybridized carbons (Fsp3) is 0.833. The van der Waals surface area contributed by atoms with E-state index in [0.29, 0.717) is 23.9 Å². The molecule has 0 spiro atoms. The fourth-order valence-corrected chi connectivity index (χ4v) is 3.44. The summed E-state index contributed by atoms with van der Waals surface area (Å²) in [6, 6.07) is 0. The molecule has 1 fully saturated rings. The SMILES string of the molecule is CCCN(CC(N)=S)C(=O)CC1CCSCC1. The molecule has 5 heteroatoms. The average molecular weight is 274 g/mol. The minimum absolute atomic E-state index is 0.219. The van der Waals surface area contributed by atoms with Crippen LogP contribution in [-0.2, 0) is 4.79 Å². The van der Waals surface area contributed by atoms with Gasteiger partial charge in [-0.05, 0) is 36.7 Å². The molecule has 1 amide bonds. The van der Waals surface area contributed by atoms with Gasteiger partial charge in [0.25, 0.3) is 0 Å². The van der Waals surface area contributed by atoms with Crippen LogP contribution in [0.15, 0.2) is 0 Å². The zero-order chi connectivity index (χ0) is 12.7. The van der Waals surface area contributed by atoms with Crippen molar-refractivity contribution < 1.29 is 4.79 Å². The van der Waals surface area contributed by atoms with Gasteiger partial charge in [0.05, 0.1) is 11.5 Å². The van der Waals surface area contributed by atoms with Gasteiger partial charge in [-0.1, -0.05) is 19.1 Å². The molecule has 0 aromatic rings. The first-order valence-corrected chi connectivity index (χ1v) is 7.83. The summed E-state index contributed by atoms with van der Waals surface area (Å²) in [5.41, 5.74) is 5.53. The Kier molecular flexibility index (Phi) is 6.89. The normalized spacial score (nSPS) is 16.8. The fourth-order valence-electron chi connectivity index (χ4n) is 2.08. The van der Waals surface area contributed by atoms with E-state index in [-0.39, 0.29) is 5.91 Å². The Bertz CT molecular complexity index is 265. The van der Waals surface area contributed by atoms with Crippen molar-refractivity contribution in [1.82, 2.24) is 4.90 Å². The Balaban J connectivity index is 2.42. The molecule has 1 aliphatic rings. The summed E-state index contributed by atoms with van der Waals surface area (Å²) in [5, 5.41) is 0. The third-order valence-electron chi connectivity index (χ3n) is 3.00. The summed E-state index contributed by atoms with van der Waals surface area (Å²) in [6.45, 7) is 3.26. The summed E-state index contributed by atoms with van der Waals surface area (Å²) in [6.07, 6.45) is 3.96. The third kappa shape index (κ3) is 5.73. The van der Waals surface area contributed by atoms with Gasteiger partial charge in [-0.3, -0.25) is 4.79 Å². The van der Waals surface area contributed by atoms with Gasteiger partial charge in [0, 0.05) is 13.0 Å². The number of thioether (sulfide) groups is 1. The highest BCUT2D eigenvalue weighted by atomic mass is 32.2. The number of hydrogen-bond acceptors (Lipinski definition) is 3. The van der Waals surface area contributed by atoms with E-state index in [1.54, 1.807) is 0 Å². The van der Waals surface area contributed by atoms with Gasteiger partial charge in [-0.2, -0.15) is 11.8 Å². The Hall–Kier alpha value is -0.290. The smallest absolute Gasteiger partial charge is 0.223 e. The average Bonchev–Trinajstić information content (AvgIpc) is 2.29. The first-order chi connectivity index (χ1) is 8.13. The topological polar surface area (TPSA) is 46.3 Å². The Morgan fingerprint density at radius 3 is 2.65 bits per heavy atom. The lowest BCUT2D eigenvalue weighted by Gasteiger charge is -2.26. The summed E-state index contributed by atoms with van der Waals surface area (Å²) in [7, 11) is 0. The Morgan fingerprint density at radius 1 is 1.47 bits per heavy atom. The number of nitrogens with two attached hydrogens (primary N) is 1. The number of carbonyl (C=O) groups excluding carboxylic acids is 1. The van der Waals surface area contributed by atoms with E-state index in [4.69, 9.17) is 18.0 Å². The predicted molar refractivity (Wildman–Crippen MR) is 78.3 cm³/mol. The predicted octanol–water partition coefficient (Wildman–Crippen LogP) is 2.04. The molecule has 0 unspecified atom stereocenters. The molecule has 98 valence electrons. The van der Waals surface area contributed by atoms with Gasteiger partial charge in [0.1, 0.15) is 0 Å². The van der Waals surface area contributed by atoms with Gasteiger partial charge in [-0.15, -0.1) is 0 Å². The van der Waals surface area contributed by atoms with Gasteiger partial charge in [-0.25, -0.2) is 0 Å². The molecule has 0 atom stereocenters. The highest BCUT2D eigenvalue weighted by Gasteiger charge is 2.21. The minimum Gasteiger partial charge on any atom is -0.392 e. The molecule has 1 saturated heterocycles. The standard InChI is InChI=1S/C12H22N2OS2/c1-2-5-14(9-11(13)16)12(15)8-10-3-6-17-7-4-10/h10H,2-9H2,1H3,(H2,13,16). The second-order valence-corrected chi connectivity index (χ2v) is 6.29. The van der Waals surface area contributed by atoms with E-state index in [2.05, 4.69) is 6.92 Å². The second-order valence-electron chi connectivity index (χ2n) is 4.54. The van der Waals surface area contributed by atoms with E-state index in [1.165, 1.54) is 24.3 Å². The number of nitrogens with zero attached hydrogens (tertiary/aromatic N) is 1. The zero-order valence-electron chi connectivity index (χ0n) is 10.5. The van der Waals surface area contributed by atoms with Gasteiger partial charge < -0.3 is 10.6 Å². The van der Waals surface area contributed by atoms with Crippen molar-refractivity contribution in [2.24, 2.45) is 11.7 Å². The van der Waals surface area contributed by atoms with E-state index >= 15 is 0 Å². The second kappa shape index (κ2) is 7.93. The maximum Gasteiger partial charge on any atom is 0.223 e. The maximum absolute atomic E-state index is 12.1. The van der Waals surface area contributed by atoms with Crippen LogP contribution in [0.4, 0.5) is 0 Å². The van der Waals surface area contributed by atoms with Crippen molar-refractivity contribution in [2.75, 3.05) is 24.6 Å². The van der Waals surface area contributed by atoms with Crippen molar-refractivity contribution in [2.45, 2.75) is 32.6 Å². The molecule has 0 saturated carbocycles. The molecule has 0 radical (unpaired) electrons. The number of hydrogen-bond donors (Lipinski definition) is 1. The summed E-state index contributed by atoms with van der Waals surface area (Å²) in [5.74, 6) is 3.17. The van der Waals surface area contributed by atoms with Crippen LogP contribution < -0.4 is 5.73 Å². The number of amides is 1. The molecule has 0 aromatic carbocycles. The highest BCUT2D eigenvalue weighted by molar-refractivity contribution is 7.99. The van der Waals surface area contributed by atoms with E-state index in [0.717, 1.165) is 13.0 Å². The highest BCUT2D eigenvalue weighted by Crippen LogP contribution is 2.25. The summed E-state index contributed by atoms with van der Waals surface area (Å²) in [4.78, 5) is 14.4. The molecule has 0 bridgehead atoms. The molecule has 3 nitrogen and oxygen atoms in total. The molecule has 1 heterocycles. The van der Waals surface area contributed by atoms with Crippen molar-refractivity contribution in [3.8, 4) is 0 Å². The van der Waals surface area contributed by atoms with E-state index < -0.39 is 0 Å². The molecular formula is C12H22N2OS2. The van der Waals surface area contributed by atoms with Crippen LogP contribution in [0.2, 0.25) is 0 Å². The van der Waals surface area contributed by atoms with Crippen LogP contribution in [0.25, 0.3) is 0 Å². The number of rotatable bonds is 6. The van der Waals surface area contributed by atoms with Crippen molar-refractivity contribution >= 4 is 34.9 Å². The van der Waals surface area contributed by atoms with Crippen molar-refractivity contribution in [3.05, 3.63) is 0 Å². The molecule has 17 heavy (non-hydrogen) atoms. The minimum atomic E-state index is 0.219. The van der Waals surface area contributed by atoms with Crippen molar-refractivity contribution in [3.63, 3.8) is 0 Å². The van der Waals surface area contributed by atoms with Crippen LogP contribution in [0.3, 0.4) is 0 Å². The Morgan fingerprint density at radius 2 is 2.12 bits per heavy atom. The molecule has 2 N–H and O–H groups in total. The largest absolute Gasteiger partial charge is 0.392 e. The van der Waals surface area contributed by atoms with Gasteiger partial charge in [0.15, 0.2) is 0 Å². The third-order valence-corrected chi connectivity index (χ3v) is 4.17. The lowest BCUT2D eigenvalue weighted by atomic mass is 9.98. The van der Waals surface area contributed by atoms with Crippen LogP contribution >= 0.6 is 24.0 Å². The van der Waals surface area contributed by atoms with E-state index in [1.807, 2.05) is 16.7 Å². The first kappa shape index (κ1) is 14.8. The summed E-state index contributed by atoms with van der Waals surface area (Å²) < 4.78 is 0. The molecule has 1 rings (SSSR count). The monoisotopic (exact) mass is 274 g/mol. The van der Waals surface area contributed by atoms with Gasteiger partial charge >= 0.3 is 0 Å².